The standard InChI is InChI=1S/C12H15BrN2O4/c1-4-19-11(16)12(2,3)14-9-6-5-8(13)7-10(9)15(17)18/h5-7,14H,4H2,1-3H3. The van der Waals surface area contributed by atoms with Crippen LogP contribution in [0.3, 0.4) is 0 Å². The quantitative estimate of drug-likeness (QED) is 0.509. The van der Waals surface area contributed by atoms with Gasteiger partial charge in [-0.1, -0.05) is 15.9 Å². The molecule has 0 saturated carbocycles. The molecule has 1 aromatic rings. The Bertz CT molecular complexity index is 503. The average Bonchev–Trinajstić information content (AvgIpc) is 2.31. The van der Waals surface area contributed by atoms with E-state index in [-0.39, 0.29) is 18.0 Å². The number of esters is 1. The first-order chi connectivity index (χ1) is 8.77. The summed E-state index contributed by atoms with van der Waals surface area (Å²) in [5.41, 5.74) is -0.882. The Kier molecular flexibility index (Phi) is 4.88. The summed E-state index contributed by atoms with van der Waals surface area (Å²) in [7, 11) is 0. The molecule has 0 radical (unpaired) electrons. The number of benzene rings is 1. The zero-order valence-electron chi connectivity index (χ0n) is 10.9. The van der Waals surface area contributed by atoms with Gasteiger partial charge in [0.25, 0.3) is 5.69 Å². The smallest absolute Gasteiger partial charge is 0.331 e. The van der Waals surface area contributed by atoms with Crippen molar-refractivity contribution < 1.29 is 14.5 Å². The molecule has 0 aromatic heterocycles. The van der Waals surface area contributed by atoms with Crippen molar-refractivity contribution in [2.24, 2.45) is 0 Å². The highest BCUT2D eigenvalue weighted by Crippen LogP contribution is 2.30. The van der Waals surface area contributed by atoms with Crippen molar-refractivity contribution in [3.8, 4) is 0 Å². The Hall–Kier alpha value is -1.63. The lowest BCUT2D eigenvalue weighted by molar-refractivity contribution is -0.384. The molecule has 0 bridgehead atoms. The number of nitro benzene ring substituents is 1. The number of rotatable bonds is 5. The van der Waals surface area contributed by atoms with Crippen molar-refractivity contribution in [2.45, 2.75) is 26.3 Å². The number of hydrogen-bond donors (Lipinski definition) is 1. The van der Waals surface area contributed by atoms with Crippen LogP contribution in [-0.4, -0.2) is 23.0 Å². The summed E-state index contributed by atoms with van der Waals surface area (Å²) in [5, 5.41) is 13.8. The average molecular weight is 331 g/mol. The zero-order chi connectivity index (χ0) is 14.6. The fraction of sp³-hybridized carbons (Fsp3) is 0.417. The summed E-state index contributed by atoms with van der Waals surface area (Å²) < 4.78 is 5.52. The molecular weight excluding hydrogens is 316 g/mol. The maximum atomic E-state index is 11.8. The van der Waals surface area contributed by atoms with E-state index >= 15 is 0 Å². The summed E-state index contributed by atoms with van der Waals surface area (Å²) in [6.45, 7) is 5.18. The van der Waals surface area contributed by atoms with Gasteiger partial charge in [-0.25, -0.2) is 4.79 Å². The first-order valence-corrected chi connectivity index (χ1v) is 6.46. The summed E-state index contributed by atoms with van der Waals surface area (Å²) in [4.78, 5) is 22.2. The third-order valence-corrected chi connectivity index (χ3v) is 2.88. The van der Waals surface area contributed by atoms with E-state index in [0.29, 0.717) is 4.47 Å². The van der Waals surface area contributed by atoms with Crippen molar-refractivity contribution >= 4 is 33.3 Å². The van der Waals surface area contributed by atoms with E-state index in [1.165, 1.54) is 6.07 Å². The van der Waals surface area contributed by atoms with Gasteiger partial charge in [0.1, 0.15) is 11.2 Å². The van der Waals surface area contributed by atoms with Crippen molar-refractivity contribution in [3.63, 3.8) is 0 Å². The van der Waals surface area contributed by atoms with Gasteiger partial charge in [-0.05, 0) is 32.9 Å². The topological polar surface area (TPSA) is 81.5 Å². The number of anilines is 1. The van der Waals surface area contributed by atoms with E-state index in [9.17, 15) is 14.9 Å². The predicted octanol–water partition coefficient (Wildman–Crippen LogP) is 3.11. The van der Waals surface area contributed by atoms with Crippen molar-refractivity contribution in [2.75, 3.05) is 11.9 Å². The summed E-state index contributed by atoms with van der Waals surface area (Å²) in [6, 6.07) is 4.59. The normalized spacial score (nSPS) is 10.9. The Labute approximate surface area is 119 Å². The first kappa shape index (κ1) is 15.4. The van der Waals surface area contributed by atoms with E-state index in [1.54, 1.807) is 32.9 Å². The molecule has 1 rings (SSSR count). The van der Waals surface area contributed by atoms with Gasteiger partial charge >= 0.3 is 5.97 Å². The molecule has 0 amide bonds. The Morgan fingerprint density at radius 1 is 1.53 bits per heavy atom. The zero-order valence-corrected chi connectivity index (χ0v) is 12.5. The van der Waals surface area contributed by atoms with Gasteiger partial charge in [0.15, 0.2) is 0 Å². The molecule has 19 heavy (non-hydrogen) atoms. The van der Waals surface area contributed by atoms with Gasteiger partial charge in [-0.2, -0.15) is 0 Å². The molecule has 0 aliphatic heterocycles. The molecule has 0 atom stereocenters. The highest BCUT2D eigenvalue weighted by molar-refractivity contribution is 9.10. The molecular formula is C12H15BrN2O4. The third-order valence-electron chi connectivity index (χ3n) is 2.39. The molecule has 0 heterocycles. The van der Waals surface area contributed by atoms with Crippen molar-refractivity contribution in [3.05, 3.63) is 32.8 Å². The molecule has 6 nitrogen and oxygen atoms in total. The monoisotopic (exact) mass is 330 g/mol. The molecule has 0 aliphatic rings. The van der Waals surface area contributed by atoms with Gasteiger partial charge in [0, 0.05) is 10.5 Å². The van der Waals surface area contributed by atoms with Gasteiger partial charge < -0.3 is 10.1 Å². The molecule has 0 spiro atoms. The van der Waals surface area contributed by atoms with Gasteiger partial charge in [-0.3, -0.25) is 10.1 Å². The fourth-order valence-corrected chi connectivity index (χ4v) is 1.81. The highest BCUT2D eigenvalue weighted by Gasteiger charge is 2.31. The number of nitrogens with zero attached hydrogens (tertiary/aromatic N) is 1. The largest absolute Gasteiger partial charge is 0.464 e. The number of carbonyl (C=O) groups excluding carboxylic acids is 1. The van der Waals surface area contributed by atoms with Crippen LogP contribution in [0.5, 0.6) is 0 Å². The SMILES string of the molecule is CCOC(=O)C(C)(C)Nc1ccc(Br)cc1[N+](=O)[O-]. The lowest BCUT2D eigenvalue weighted by Gasteiger charge is -2.24. The molecule has 0 aliphatic carbocycles. The Morgan fingerprint density at radius 2 is 2.16 bits per heavy atom. The second-order valence-corrected chi connectivity index (χ2v) is 5.30. The lowest BCUT2D eigenvalue weighted by atomic mass is 10.1. The number of ether oxygens (including phenoxy) is 1. The van der Waals surface area contributed by atoms with Crippen LogP contribution in [0.2, 0.25) is 0 Å². The molecule has 0 fully saturated rings. The van der Waals surface area contributed by atoms with Gasteiger partial charge in [0.2, 0.25) is 0 Å². The van der Waals surface area contributed by atoms with E-state index in [4.69, 9.17) is 4.74 Å². The summed E-state index contributed by atoms with van der Waals surface area (Å²) in [5.74, 6) is -0.466. The van der Waals surface area contributed by atoms with Crippen LogP contribution >= 0.6 is 15.9 Å². The fourth-order valence-electron chi connectivity index (χ4n) is 1.46. The second kappa shape index (κ2) is 6.01. The number of nitrogens with one attached hydrogen (secondary N) is 1. The third kappa shape index (κ3) is 3.92. The van der Waals surface area contributed by atoms with E-state index in [1.807, 2.05) is 0 Å². The molecule has 0 unspecified atom stereocenters. The molecule has 1 aromatic carbocycles. The molecule has 0 saturated heterocycles. The van der Waals surface area contributed by atoms with Crippen LogP contribution in [0.1, 0.15) is 20.8 Å². The van der Waals surface area contributed by atoms with Crippen LogP contribution in [0, 0.1) is 10.1 Å². The Morgan fingerprint density at radius 3 is 2.68 bits per heavy atom. The van der Waals surface area contributed by atoms with E-state index < -0.39 is 16.4 Å². The van der Waals surface area contributed by atoms with Gasteiger partial charge in [-0.15, -0.1) is 0 Å². The minimum atomic E-state index is -1.05. The van der Waals surface area contributed by atoms with Crippen LogP contribution < -0.4 is 5.32 Å². The second-order valence-electron chi connectivity index (χ2n) is 4.39. The summed E-state index contributed by atoms with van der Waals surface area (Å²) in [6.07, 6.45) is 0. The lowest BCUT2D eigenvalue weighted by Crippen LogP contribution is -2.41. The highest BCUT2D eigenvalue weighted by atomic mass is 79.9. The van der Waals surface area contributed by atoms with Crippen molar-refractivity contribution in [1.29, 1.82) is 0 Å². The molecule has 7 heteroatoms. The number of nitro groups is 1. The predicted molar refractivity (Wildman–Crippen MR) is 75.1 cm³/mol. The molecule has 104 valence electrons. The van der Waals surface area contributed by atoms with Crippen LogP contribution in [0.4, 0.5) is 11.4 Å². The van der Waals surface area contributed by atoms with E-state index in [2.05, 4.69) is 21.2 Å². The number of hydrogen-bond acceptors (Lipinski definition) is 5. The minimum absolute atomic E-state index is 0.105. The van der Waals surface area contributed by atoms with Crippen molar-refractivity contribution in [1.82, 2.24) is 0 Å². The Balaban J connectivity index is 3.05. The number of carbonyl (C=O) groups is 1. The maximum absolute atomic E-state index is 11.8. The van der Waals surface area contributed by atoms with Gasteiger partial charge in [0.05, 0.1) is 11.5 Å². The first-order valence-electron chi connectivity index (χ1n) is 5.67. The van der Waals surface area contributed by atoms with Crippen LogP contribution in [0.15, 0.2) is 22.7 Å². The summed E-state index contributed by atoms with van der Waals surface area (Å²) >= 11 is 3.17. The van der Waals surface area contributed by atoms with Crippen LogP contribution in [0.25, 0.3) is 0 Å². The molecule has 1 N–H and O–H groups in total. The van der Waals surface area contributed by atoms with E-state index in [0.717, 1.165) is 0 Å². The number of halogens is 1. The van der Waals surface area contributed by atoms with Crippen LogP contribution in [-0.2, 0) is 9.53 Å². The maximum Gasteiger partial charge on any atom is 0.331 e. The minimum Gasteiger partial charge on any atom is -0.464 e.